The van der Waals surface area contributed by atoms with Crippen LogP contribution in [0.1, 0.15) is 66.3 Å². The minimum atomic E-state index is -2.31. The van der Waals surface area contributed by atoms with Crippen LogP contribution in [-0.2, 0) is 4.79 Å². The van der Waals surface area contributed by atoms with Crippen molar-refractivity contribution in [2.75, 3.05) is 13.1 Å². The molecule has 1 aromatic rings. The lowest BCUT2D eigenvalue weighted by Crippen LogP contribution is -2.39. The maximum absolute atomic E-state index is 14.2. The Morgan fingerprint density at radius 1 is 1.25 bits per heavy atom. The molecule has 5 nitrogen and oxygen atoms in total. The minimum Gasteiger partial charge on any atom is -0.479 e. The normalized spacial score (nSPS) is 25.2. The summed E-state index contributed by atoms with van der Waals surface area (Å²) in [5, 5.41) is 9.00. The van der Waals surface area contributed by atoms with Gasteiger partial charge in [-0.25, -0.2) is 9.18 Å². The smallest absolute Gasteiger partial charge is 0.343 e. The van der Waals surface area contributed by atoms with Gasteiger partial charge in [-0.15, -0.1) is 0 Å². The lowest BCUT2D eigenvalue weighted by molar-refractivity contribution is -0.149. The first-order chi connectivity index (χ1) is 11.3. The number of rotatable bonds is 3. The Labute approximate surface area is 141 Å². The summed E-state index contributed by atoms with van der Waals surface area (Å²) >= 11 is 0. The second-order valence-corrected chi connectivity index (χ2v) is 7.19. The van der Waals surface area contributed by atoms with Gasteiger partial charge in [-0.3, -0.25) is 4.79 Å². The fraction of sp³-hybridized carbons (Fsp3) is 0.667. The van der Waals surface area contributed by atoms with Gasteiger partial charge in [0, 0.05) is 30.4 Å². The maximum atomic E-state index is 14.2. The van der Waals surface area contributed by atoms with Crippen molar-refractivity contribution in [3.05, 3.63) is 23.0 Å². The van der Waals surface area contributed by atoms with Crippen LogP contribution in [0.4, 0.5) is 4.39 Å². The number of aromatic nitrogens is 1. The van der Waals surface area contributed by atoms with Crippen LogP contribution in [0.2, 0.25) is 0 Å². The highest BCUT2D eigenvalue weighted by atomic mass is 19.1. The fourth-order valence-corrected chi connectivity index (χ4v) is 4.19. The zero-order valence-corrected chi connectivity index (χ0v) is 14.3. The van der Waals surface area contributed by atoms with Gasteiger partial charge < -0.3 is 14.6 Å². The van der Waals surface area contributed by atoms with Gasteiger partial charge in [-0.2, -0.15) is 0 Å². The van der Waals surface area contributed by atoms with E-state index in [1.165, 1.54) is 24.2 Å². The first-order valence-corrected chi connectivity index (χ1v) is 8.73. The number of carbonyl (C=O) groups is 2. The van der Waals surface area contributed by atoms with Gasteiger partial charge in [-0.05, 0) is 32.8 Å². The van der Waals surface area contributed by atoms with Gasteiger partial charge in [-0.1, -0.05) is 19.3 Å². The SMILES string of the molecule is Cc1cc(C(=O)N2CCC(F)(C(=O)O)C2)c(C)n1C1CCCCC1. The summed E-state index contributed by atoms with van der Waals surface area (Å²) < 4.78 is 16.5. The number of aryl methyl sites for hydroxylation is 1. The highest BCUT2D eigenvalue weighted by Gasteiger charge is 2.47. The van der Waals surface area contributed by atoms with Crippen LogP contribution in [0.3, 0.4) is 0 Å². The highest BCUT2D eigenvalue weighted by Crippen LogP contribution is 2.33. The number of aliphatic carboxylic acids is 1. The summed E-state index contributed by atoms with van der Waals surface area (Å²) in [5.41, 5.74) is 0.223. The number of alkyl halides is 1. The molecule has 2 aliphatic rings. The zero-order valence-electron chi connectivity index (χ0n) is 14.3. The molecule has 132 valence electrons. The van der Waals surface area contributed by atoms with Crippen molar-refractivity contribution in [2.24, 2.45) is 0 Å². The van der Waals surface area contributed by atoms with Crippen LogP contribution in [0.15, 0.2) is 6.07 Å². The number of carboxylic acid groups (broad SMARTS) is 1. The second kappa shape index (κ2) is 6.22. The molecule has 1 saturated carbocycles. The molecule has 0 bridgehead atoms. The molecule has 0 spiro atoms. The van der Waals surface area contributed by atoms with Crippen molar-refractivity contribution >= 4 is 11.9 Å². The van der Waals surface area contributed by atoms with E-state index in [9.17, 15) is 14.0 Å². The Bertz CT molecular complexity index is 663. The monoisotopic (exact) mass is 336 g/mol. The molecule has 1 aliphatic heterocycles. The van der Waals surface area contributed by atoms with Crippen molar-refractivity contribution in [1.29, 1.82) is 0 Å². The van der Waals surface area contributed by atoms with E-state index in [2.05, 4.69) is 4.57 Å². The van der Waals surface area contributed by atoms with E-state index in [0.29, 0.717) is 11.6 Å². The van der Waals surface area contributed by atoms with E-state index < -0.39 is 11.6 Å². The number of likely N-dealkylation sites (tertiary alicyclic amines) is 1. The van der Waals surface area contributed by atoms with Crippen LogP contribution in [0.5, 0.6) is 0 Å². The van der Waals surface area contributed by atoms with E-state index in [1.54, 1.807) is 0 Å². The molecule has 0 radical (unpaired) electrons. The molecule has 1 unspecified atom stereocenters. The van der Waals surface area contributed by atoms with Crippen molar-refractivity contribution < 1.29 is 19.1 Å². The molecule has 1 aliphatic carbocycles. The average molecular weight is 336 g/mol. The number of carboxylic acids is 1. The molecule has 2 fully saturated rings. The van der Waals surface area contributed by atoms with Gasteiger partial charge in [0.1, 0.15) is 0 Å². The molecule has 1 atom stereocenters. The number of carbonyl (C=O) groups excluding carboxylic acids is 1. The average Bonchev–Trinajstić information content (AvgIpc) is 3.09. The molecule has 1 aromatic heterocycles. The minimum absolute atomic E-state index is 0.143. The standard InChI is InChI=1S/C18H25FN2O3/c1-12-10-15(13(2)21(12)14-6-4-3-5-7-14)16(22)20-9-8-18(19,11-20)17(23)24/h10,14H,3-9,11H2,1-2H3,(H,23,24). The van der Waals surface area contributed by atoms with E-state index in [4.69, 9.17) is 5.11 Å². The predicted molar refractivity (Wildman–Crippen MR) is 88.0 cm³/mol. The van der Waals surface area contributed by atoms with E-state index in [1.807, 2.05) is 19.9 Å². The number of nitrogens with zero attached hydrogens (tertiary/aromatic N) is 2. The Kier molecular flexibility index (Phi) is 4.40. The summed E-state index contributed by atoms with van der Waals surface area (Å²) in [5.74, 6) is -1.74. The van der Waals surface area contributed by atoms with E-state index in [0.717, 1.165) is 24.2 Å². The lowest BCUT2D eigenvalue weighted by atomic mass is 9.95. The third-order valence-electron chi connectivity index (χ3n) is 5.54. The Hall–Kier alpha value is -1.85. The predicted octanol–water partition coefficient (Wildman–Crippen LogP) is 3.25. The molecular formula is C18H25FN2O3. The molecule has 1 amide bonds. The highest BCUT2D eigenvalue weighted by molar-refractivity contribution is 5.96. The summed E-state index contributed by atoms with van der Waals surface area (Å²) in [4.78, 5) is 25.2. The lowest BCUT2D eigenvalue weighted by Gasteiger charge is -2.26. The molecule has 2 heterocycles. The number of hydrogen-bond acceptors (Lipinski definition) is 2. The van der Waals surface area contributed by atoms with E-state index >= 15 is 0 Å². The fourth-order valence-electron chi connectivity index (χ4n) is 4.19. The van der Waals surface area contributed by atoms with Gasteiger partial charge in [0.15, 0.2) is 0 Å². The van der Waals surface area contributed by atoms with E-state index in [-0.39, 0.29) is 25.4 Å². The maximum Gasteiger partial charge on any atom is 0.343 e. The molecule has 0 aromatic carbocycles. The van der Waals surface area contributed by atoms with Crippen LogP contribution < -0.4 is 0 Å². The summed E-state index contributed by atoms with van der Waals surface area (Å²) in [6.45, 7) is 3.72. The quantitative estimate of drug-likeness (QED) is 0.921. The number of halogens is 1. The molecule has 3 rings (SSSR count). The summed E-state index contributed by atoms with van der Waals surface area (Å²) in [7, 11) is 0. The molecule has 24 heavy (non-hydrogen) atoms. The van der Waals surface area contributed by atoms with Gasteiger partial charge in [0.2, 0.25) is 5.67 Å². The van der Waals surface area contributed by atoms with Crippen molar-refractivity contribution in [3.63, 3.8) is 0 Å². The first-order valence-electron chi connectivity index (χ1n) is 8.73. The largest absolute Gasteiger partial charge is 0.479 e. The second-order valence-electron chi connectivity index (χ2n) is 7.19. The number of hydrogen-bond donors (Lipinski definition) is 1. The zero-order chi connectivity index (χ0) is 17.5. The van der Waals surface area contributed by atoms with Gasteiger partial charge in [0.05, 0.1) is 12.1 Å². The number of amides is 1. The first kappa shape index (κ1) is 17.0. The van der Waals surface area contributed by atoms with Crippen LogP contribution in [-0.4, -0.2) is 45.2 Å². The topological polar surface area (TPSA) is 62.5 Å². The van der Waals surface area contributed by atoms with Crippen LogP contribution in [0, 0.1) is 13.8 Å². The Balaban J connectivity index is 1.83. The van der Waals surface area contributed by atoms with Crippen molar-refractivity contribution in [2.45, 2.75) is 64.1 Å². The third-order valence-corrected chi connectivity index (χ3v) is 5.54. The molecule has 1 N–H and O–H groups in total. The molecule has 1 saturated heterocycles. The Morgan fingerprint density at radius 3 is 2.50 bits per heavy atom. The third kappa shape index (κ3) is 2.82. The van der Waals surface area contributed by atoms with Crippen LogP contribution >= 0.6 is 0 Å². The Morgan fingerprint density at radius 2 is 1.92 bits per heavy atom. The summed E-state index contributed by atoms with van der Waals surface area (Å²) in [6.07, 6.45) is 5.79. The molecular weight excluding hydrogens is 311 g/mol. The summed E-state index contributed by atoms with van der Waals surface area (Å²) in [6, 6.07) is 2.30. The van der Waals surface area contributed by atoms with Crippen molar-refractivity contribution in [1.82, 2.24) is 9.47 Å². The van der Waals surface area contributed by atoms with Crippen molar-refractivity contribution in [3.8, 4) is 0 Å². The van der Waals surface area contributed by atoms with Gasteiger partial charge >= 0.3 is 5.97 Å². The molecule has 6 heteroatoms. The van der Waals surface area contributed by atoms with Gasteiger partial charge in [0.25, 0.3) is 5.91 Å². The van der Waals surface area contributed by atoms with Crippen LogP contribution in [0.25, 0.3) is 0 Å².